The molecule has 3 aromatic carbocycles. The Morgan fingerprint density at radius 1 is 0.889 bits per heavy atom. The summed E-state index contributed by atoms with van der Waals surface area (Å²) in [6, 6.07) is 19.5. The molecule has 0 aliphatic heterocycles. The number of sulfonamides is 1. The van der Waals surface area contributed by atoms with Crippen molar-refractivity contribution in [2.24, 2.45) is 0 Å². The molecule has 0 saturated carbocycles. The highest BCUT2D eigenvalue weighted by molar-refractivity contribution is 7.93. The average Bonchev–Trinajstić information content (AvgIpc) is 3.29. The van der Waals surface area contributed by atoms with Crippen molar-refractivity contribution in [1.82, 2.24) is 9.97 Å². The van der Waals surface area contributed by atoms with E-state index in [4.69, 9.17) is 4.42 Å². The van der Waals surface area contributed by atoms with Gasteiger partial charge in [0.25, 0.3) is 15.9 Å². The van der Waals surface area contributed by atoms with E-state index in [2.05, 4.69) is 9.97 Å². The number of benzene rings is 3. The van der Waals surface area contributed by atoms with Gasteiger partial charge in [-0.25, -0.2) is 13.2 Å². The van der Waals surface area contributed by atoms with E-state index >= 15 is 0 Å². The molecule has 3 aromatic heterocycles. The van der Waals surface area contributed by atoms with E-state index < -0.39 is 20.9 Å². The third-order valence-corrected chi connectivity index (χ3v) is 8.26. The van der Waals surface area contributed by atoms with Gasteiger partial charge in [-0.2, -0.15) is 4.31 Å². The minimum Gasteiger partial charge on any atom is -0.413 e. The van der Waals surface area contributed by atoms with Crippen molar-refractivity contribution in [3.63, 3.8) is 0 Å². The topological polar surface area (TPSA) is 110 Å². The lowest BCUT2D eigenvalue weighted by Gasteiger charge is -2.24. The fourth-order valence-corrected chi connectivity index (χ4v) is 6.51. The molecule has 8 nitrogen and oxygen atoms in total. The van der Waals surface area contributed by atoms with E-state index in [0.29, 0.717) is 26.4 Å². The highest BCUT2D eigenvalue weighted by Crippen LogP contribution is 2.39. The molecule has 36 heavy (non-hydrogen) atoms. The van der Waals surface area contributed by atoms with E-state index in [0.717, 1.165) is 15.6 Å². The summed E-state index contributed by atoms with van der Waals surface area (Å²) in [6.45, 7) is 0. The minimum absolute atomic E-state index is 0.102. The summed E-state index contributed by atoms with van der Waals surface area (Å²) >= 11 is 0.838. The SMILES string of the molecule is O=C(c1ccncc1)N(c1cc2sc(=O)oc2c2ccccc12)S(=O)(=O)c1cccc2cccnc12. The molecule has 0 aliphatic carbocycles. The molecule has 0 spiro atoms. The smallest absolute Gasteiger partial charge is 0.396 e. The second kappa shape index (κ2) is 8.36. The highest BCUT2D eigenvalue weighted by atomic mass is 32.2. The van der Waals surface area contributed by atoms with Crippen molar-refractivity contribution in [1.29, 1.82) is 0 Å². The number of aromatic nitrogens is 2. The predicted molar refractivity (Wildman–Crippen MR) is 138 cm³/mol. The molecule has 0 atom stereocenters. The number of hydrogen-bond acceptors (Lipinski definition) is 8. The first-order valence-electron chi connectivity index (χ1n) is 10.7. The molecule has 3 heterocycles. The molecule has 0 unspecified atom stereocenters. The molecule has 6 rings (SSSR count). The van der Waals surface area contributed by atoms with Crippen LogP contribution in [-0.2, 0) is 10.0 Å². The molecular weight excluding hydrogens is 498 g/mol. The fourth-order valence-electron chi connectivity index (χ4n) is 4.19. The number of carbonyl (C=O) groups excluding carboxylic acids is 1. The number of rotatable bonds is 4. The van der Waals surface area contributed by atoms with Gasteiger partial charge in [-0.3, -0.25) is 14.8 Å². The number of hydrogen-bond donors (Lipinski definition) is 0. The van der Waals surface area contributed by atoms with E-state index in [1.54, 1.807) is 48.5 Å². The summed E-state index contributed by atoms with van der Waals surface area (Å²) in [5, 5.41) is 1.57. The summed E-state index contributed by atoms with van der Waals surface area (Å²) in [6.07, 6.45) is 4.34. The Hall–Kier alpha value is -4.41. The van der Waals surface area contributed by atoms with Crippen LogP contribution in [0.2, 0.25) is 0 Å². The summed E-state index contributed by atoms with van der Waals surface area (Å²) in [7, 11) is -4.48. The van der Waals surface area contributed by atoms with Crippen LogP contribution in [0.5, 0.6) is 0 Å². The second-order valence-corrected chi connectivity index (χ2v) is 10.6. The predicted octanol–water partition coefficient (Wildman–Crippen LogP) is 4.99. The lowest BCUT2D eigenvalue weighted by Crippen LogP contribution is -2.37. The summed E-state index contributed by atoms with van der Waals surface area (Å²) in [4.78, 5) is 33.6. The number of amides is 1. The summed E-state index contributed by atoms with van der Waals surface area (Å²) < 4.78 is 35.2. The van der Waals surface area contributed by atoms with E-state index in [-0.39, 0.29) is 21.7 Å². The maximum Gasteiger partial charge on any atom is 0.396 e. The van der Waals surface area contributed by atoms with Crippen LogP contribution in [0, 0.1) is 0 Å². The molecule has 0 bridgehead atoms. The maximum absolute atomic E-state index is 14.3. The zero-order valence-electron chi connectivity index (χ0n) is 18.4. The van der Waals surface area contributed by atoms with Crippen molar-refractivity contribution in [3.05, 3.63) is 107 Å². The Balaban J connectivity index is 1.71. The lowest BCUT2D eigenvalue weighted by atomic mass is 10.1. The first kappa shape index (κ1) is 22.1. The molecule has 0 fully saturated rings. The second-order valence-electron chi connectivity index (χ2n) is 7.86. The molecule has 176 valence electrons. The Morgan fingerprint density at radius 3 is 2.44 bits per heavy atom. The van der Waals surface area contributed by atoms with Gasteiger partial charge in [0.1, 0.15) is 4.90 Å². The standard InChI is InChI=1S/C26H15N3O5S2/c30-25(17-10-13-27-14-11-17)29(36(32,33)22-9-3-5-16-6-4-12-28-23(16)22)20-15-21-24(34-26(31)35-21)19-8-2-1-7-18(19)20/h1-15H. The minimum atomic E-state index is -4.48. The van der Waals surface area contributed by atoms with Crippen LogP contribution >= 0.6 is 11.3 Å². The fraction of sp³-hybridized carbons (Fsp3) is 0. The van der Waals surface area contributed by atoms with Crippen LogP contribution in [0.3, 0.4) is 0 Å². The molecule has 1 amide bonds. The third kappa shape index (κ3) is 3.46. The molecule has 6 aromatic rings. The number of nitrogens with zero attached hydrogens (tertiary/aromatic N) is 3. The van der Waals surface area contributed by atoms with Crippen molar-refractivity contribution in [2.45, 2.75) is 4.90 Å². The van der Waals surface area contributed by atoms with Crippen molar-refractivity contribution >= 4 is 64.9 Å². The van der Waals surface area contributed by atoms with Crippen LogP contribution in [0.25, 0.3) is 32.0 Å². The number of carbonyl (C=O) groups is 1. The van der Waals surface area contributed by atoms with E-state index in [9.17, 15) is 18.0 Å². The van der Waals surface area contributed by atoms with Crippen LogP contribution in [-0.4, -0.2) is 24.3 Å². The van der Waals surface area contributed by atoms with Gasteiger partial charge in [-0.05, 0) is 30.3 Å². The normalized spacial score (nSPS) is 11.8. The quantitative estimate of drug-likeness (QED) is 0.327. The molecule has 10 heteroatoms. The van der Waals surface area contributed by atoms with Gasteiger partial charge in [0.2, 0.25) is 0 Å². The van der Waals surface area contributed by atoms with Crippen molar-refractivity contribution in [3.8, 4) is 0 Å². The molecule has 0 saturated heterocycles. The Bertz CT molecular complexity index is 1960. The van der Waals surface area contributed by atoms with Gasteiger partial charge < -0.3 is 4.42 Å². The third-order valence-electron chi connectivity index (χ3n) is 5.76. The van der Waals surface area contributed by atoms with Crippen LogP contribution in [0.4, 0.5) is 5.69 Å². The summed E-state index contributed by atoms with van der Waals surface area (Å²) in [5.41, 5.74) is 0.812. The number of para-hydroxylation sites is 1. The van der Waals surface area contributed by atoms with Gasteiger partial charge in [0.05, 0.1) is 15.9 Å². The van der Waals surface area contributed by atoms with Crippen LogP contribution in [0.1, 0.15) is 10.4 Å². The highest BCUT2D eigenvalue weighted by Gasteiger charge is 2.35. The Morgan fingerprint density at radius 2 is 1.64 bits per heavy atom. The molecular formula is C26H15N3O5S2. The molecule has 0 N–H and O–H groups in total. The Kier molecular flexibility index (Phi) is 5.13. The Labute approximate surface area is 208 Å². The van der Waals surface area contributed by atoms with Gasteiger partial charge in [-0.15, -0.1) is 0 Å². The van der Waals surface area contributed by atoms with Crippen molar-refractivity contribution < 1.29 is 17.6 Å². The van der Waals surface area contributed by atoms with Crippen molar-refractivity contribution in [2.75, 3.05) is 4.31 Å². The first-order valence-corrected chi connectivity index (χ1v) is 13.0. The summed E-state index contributed by atoms with van der Waals surface area (Å²) in [5.74, 6) is -0.773. The van der Waals surface area contributed by atoms with Crippen LogP contribution < -0.4 is 9.24 Å². The van der Waals surface area contributed by atoms with Gasteiger partial charge in [0, 0.05) is 40.3 Å². The largest absolute Gasteiger partial charge is 0.413 e. The van der Waals surface area contributed by atoms with Gasteiger partial charge in [-0.1, -0.05) is 53.8 Å². The van der Waals surface area contributed by atoms with E-state index in [1.807, 2.05) is 0 Å². The van der Waals surface area contributed by atoms with Crippen LogP contribution in [0.15, 0.2) is 105 Å². The van der Waals surface area contributed by atoms with Gasteiger partial charge in [0.15, 0.2) is 5.58 Å². The monoisotopic (exact) mass is 513 g/mol. The lowest BCUT2D eigenvalue weighted by molar-refractivity contribution is 0.101. The number of pyridine rings is 2. The number of fused-ring (bicyclic) bond motifs is 4. The average molecular weight is 514 g/mol. The van der Waals surface area contributed by atoms with E-state index in [1.165, 1.54) is 42.9 Å². The maximum atomic E-state index is 14.3. The molecule has 0 radical (unpaired) electrons. The molecule has 0 aliphatic rings. The zero-order valence-corrected chi connectivity index (χ0v) is 20.0. The van der Waals surface area contributed by atoms with Gasteiger partial charge >= 0.3 is 4.94 Å². The number of anilines is 1. The first-order chi connectivity index (χ1) is 17.4. The zero-order chi connectivity index (χ0) is 24.9.